The van der Waals surface area contributed by atoms with Crippen molar-refractivity contribution in [2.45, 2.75) is 32.2 Å². The van der Waals surface area contributed by atoms with Gasteiger partial charge in [-0.15, -0.1) is 0 Å². The maximum Gasteiger partial charge on any atom is 0.176 e. The van der Waals surface area contributed by atoms with E-state index < -0.39 is 0 Å². The fraction of sp³-hybridized carbons (Fsp3) is 0.875. The molecule has 0 spiro atoms. The van der Waals surface area contributed by atoms with Crippen molar-refractivity contribution in [2.75, 3.05) is 13.2 Å². The van der Waals surface area contributed by atoms with Crippen LogP contribution in [0, 0.1) is 0 Å². The first-order chi connectivity index (χ1) is 5.68. The molecule has 0 aliphatic carbocycles. The number of hydrogen-bond acceptors (Lipinski definition) is 4. The Balaban J connectivity index is 3.14. The summed E-state index contributed by atoms with van der Waals surface area (Å²) in [6, 6.07) is -0.144. The molecule has 0 aromatic rings. The van der Waals surface area contributed by atoms with E-state index in [0.29, 0.717) is 11.7 Å². The van der Waals surface area contributed by atoms with E-state index in [0.717, 1.165) is 25.8 Å². The first-order valence-electron chi connectivity index (χ1n) is 4.30. The van der Waals surface area contributed by atoms with Gasteiger partial charge in [-0.3, -0.25) is 0 Å². The van der Waals surface area contributed by atoms with Crippen LogP contribution in [0.25, 0.3) is 0 Å². The minimum Gasteiger partial charge on any atom is -0.485 e. The first-order valence-corrected chi connectivity index (χ1v) is 4.71. The van der Waals surface area contributed by atoms with Crippen molar-refractivity contribution in [3.8, 4) is 0 Å². The van der Waals surface area contributed by atoms with E-state index in [1.54, 1.807) is 0 Å². The van der Waals surface area contributed by atoms with Gasteiger partial charge in [0.25, 0.3) is 0 Å². The predicted octanol–water partition coefficient (Wildman–Crippen LogP) is 0.807. The van der Waals surface area contributed by atoms with Gasteiger partial charge in [0.05, 0.1) is 12.6 Å². The van der Waals surface area contributed by atoms with Crippen molar-refractivity contribution in [1.29, 1.82) is 0 Å². The van der Waals surface area contributed by atoms with Crippen LogP contribution < -0.4 is 11.5 Å². The van der Waals surface area contributed by atoms with Crippen LogP contribution in [0.2, 0.25) is 0 Å². The van der Waals surface area contributed by atoms with Crippen LogP contribution in [0.5, 0.6) is 0 Å². The van der Waals surface area contributed by atoms with Gasteiger partial charge in [0.1, 0.15) is 0 Å². The third-order valence-electron chi connectivity index (χ3n) is 1.46. The van der Waals surface area contributed by atoms with E-state index in [9.17, 15) is 0 Å². The Morgan fingerprint density at radius 3 is 2.58 bits per heavy atom. The molecule has 0 aromatic carbocycles. The van der Waals surface area contributed by atoms with Gasteiger partial charge >= 0.3 is 0 Å². The van der Waals surface area contributed by atoms with Gasteiger partial charge in [-0.2, -0.15) is 0 Å². The number of ether oxygens (including phenoxy) is 1. The molecule has 0 amide bonds. The molecule has 0 heterocycles. The summed E-state index contributed by atoms with van der Waals surface area (Å²) < 4.78 is 5.22. The lowest BCUT2D eigenvalue weighted by Gasteiger charge is -2.09. The normalized spacial score (nSPS) is 12.6. The van der Waals surface area contributed by atoms with Crippen molar-refractivity contribution < 1.29 is 4.74 Å². The molecular weight excluding hydrogens is 172 g/mol. The topological polar surface area (TPSA) is 61.3 Å². The molecule has 0 saturated carbocycles. The van der Waals surface area contributed by atoms with E-state index in [-0.39, 0.29) is 6.04 Å². The highest BCUT2D eigenvalue weighted by molar-refractivity contribution is 7.80. The van der Waals surface area contributed by atoms with Crippen molar-refractivity contribution in [3.63, 3.8) is 0 Å². The number of rotatable bonds is 6. The molecule has 0 rings (SSSR count). The molecule has 72 valence electrons. The fourth-order valence-corrected chi connectivity index (χ4v) is 0.811. The summed E-state index contributed by atoms with van der Waals surface area (Å²) in [5.74, 6) is 0. The van der Waals surface area contributed by atoms with Gasteiger partial charge in [0.2, 0.25) is 0 Å². The Hall–Kier alpha value is -0.190. The first kappa shape index (κ1) is 11.8. The number of thiocarbonyl (C=S) groups is 1. The van der Waals surface area contributed by atoms with Crippen LogP contribution >= 0.6 is 12.2 Å². The summed E-state index contributed by atoms with van der Waals surface area (Å²) >= 11 is 4.88. The average molecular weight is 190 g/mol. The Labute approximate surface area is 79.4 Å². The highest BCUT2D eigenvalue weighted by Gasteiger charge is 2.02. The molecule has 0 saturated heterocycles. The standard InChI is InChI=1S/C8H18N2OS/c1-7(10)8(12)11-6-4-2-3-5-9/h7H,2-6,9-10H2,1H3/t7-/m0/s1. The fourth-order valence-electron chi connectivity index (χ4n) is 0.727. The van der Waals surface area contributed by atoms with Gasteiger partial charge < -0.3 is 16.2 Å². The molecule has 4 heteroatoms. The Morgan fingerprint density at radius 2 is 2.08 bits per heavy atom. The second-order valence-corrected chi connectivity index (χ2v) is 3.21. The summed E-state index contributed by atoms with van der Waals surface area (Å²) in [7, 11) is 0. The lowest BCUT2D eigenvalue weighted by Crippen LogP contribution is -2.27. The second-order valence-electron chi connectivity index (χ2n) is 2.81. The maximum absolute atomic E-state index is 5.49. The minimum absolute atomic E-state index is 0.144. The zero-order valence-corrected chi connectivity index (χ0v) is 8.40. The number of unbranched alkanes of at least 4 members (excludes halogenated alkanes) is 2. The molecule has 0 aromatic heterocycles. The molecule has 0 aliphatic rings. The molecule has 4 N–H and O–H groups in total. The summed E-state index contributed by atoms with van der Waals surface area (Å²) in [6.07, 6.45) is 3.15. The quantitative estimate of drug-likeness (QED) is 0.480. The smallest absolute Gasteiger partial charge is 0.176 e. The largest absolute Gasteiger partial charge is 0.485 e. The van der Waals surface area contributed by atoms with Crippen molar-refractivity contribution >= 4 is 17.3 Å². The van der Waals surface area contributed by atoms with Gasteiger partial charge in [-0.05, 0) is 44.9 Å². The molecule has 12 heavy (non-hydrogen) atoms. The average Bonchev–Trinajstić information content (AvgIpc) is 2.03. The summed E-state index contributed by atoms with van der Waals surface area (Å²) in [6.45, 7) is 3.24. The number of hydrogen-bond donors (Lipinski definition) is 2. The molecule has 0 fully saturated rings. The van der Waals surface area contributed by atoms with Crippen LogP contribution in [-0.2, 0) is 4.74 Å². The Kier molecular flexibility index (Phi) is 7.34. The zero-order valence-electron chi connectivity index (χ0n) is 7.58. The maximum atomic E-state index is 5.49. The lowest BCUT2D eigenvalue weighted by atomic mass is 10.2. The Bertz CT molecular complexity index is 128. The van der Waals surface area contributed by atoms with Gasteiger partial charge in [0, 0.05) is 0 Å². The van der Waals surface area contributed by atoms with Crippen LogP contribution in [-0.4, -0.2) is 24.2 Å². The van der Waals surface area contributed by atoms with Crippen LogP contribution in [0.15, 0.2) is 0 Å². The highest BCUT2D eigenvalue weighted by Crippen LogP contribution is 1.96. The molecule has 3 nitrogen and oxygen atoms in total. The van der Waals surface area contributed by atoms with Gasteiger partial charge in [-0.1, -0.05) is 0 Å². The third-order valence-corrected chi connectivity index (χ3v) is 1.95. The van der Waals surface area contributed by atoms with Crippen molar-refractivity contribution in [3.05, 3.63) is 0 Å². The molecule has 0 unspecified atom stereocenters. The van der Waals surface area contributed by atoms with Crippen molar-refractivity contribution in [2.24, 2.45) is 11.5 Å². The summed E-state index contributed by atoms with van der Waals surface area (Å²) in [5.41, 5.74) is 10.8. The van der Waals surface area contributed by atoms with Crippen LogP contribution in [0.3, 0.4) is 0 Å². The zero-order chi connectivity index (χ0) is 9.40. The van der Waals surface area contributed by atoms with E-state index in [1.807, 2.05) is 6.92 Å². The molecule has 0 bridgehead atoms. The molecule has 0 aliphatic heterocycles. The number of nitrogens with two attached hydrogens (primary N) is 2. The van der Waals surface area contributed by atoms with Gasteiger partial charge in [-0.25, -0.2) is 0 Å². The van der Waals surface area contributed by atoms with E-state index >= 15 is 0 Å². The SMILES string of the molecule is C[C@H](N)C(=S)OCCCCCN. The van der Waals surface area contributed by atoms with E-state index in [4.69, 9.17) is 28.4 Å². The van der Waals surface area contributed by atoms with Crippen molar-refractivity contribution in [1.82, 2.24) is 0 Å². The second kappa shape index (κ2) is 7.46. The van der Waals surface area contributed by atoms with Crippen LogP contribution in [0.4, 0.5) is 0 Å². The van der Waals surface area contributed by atoms with E-state index in [2.05, 4.69) is 0 Å². The lowest BCUT2D eigenvalue weighted by molar-refractivity contribution is 0.290. The monoisotopic (exact) mass is 190 g/mol. The molecular formula is C8H18N2OS. The van der Waals surface area contributed by atoms with Gasteiger partial charge in [0.15, 0.2) is 5.05 Å². The highest BCUT2D eigenvalue weighted by atomic mass is 32.1. The predicted molar refractivity (Wildman–Crippen MR) is 55.1 cm³/mol. The third kappa shape index (κ3) is 6.52. The molecule has 1 atom stereocenters. The minimum atomic E-state index is -0.144. The molecule has 0 radical (unpaired) electrons. The van der Waals surface area contributed by atoms with Crippen LogP contribution in [0.1, 0.15) is 26.2 Å². The van der Waals surface area contributed by atoms with E-state index in [1.165, 1.54) is 0 Å². The summed E-state index contributed by atoms with van der Waals surface area (Å²) in [4.78, 5) is 0. The Morgan fingerprint density at radius 1 is 1.42 bits per heavy atom. The summed E-state index contributed by atoms with van der Waals surface area (Å²) in [5, 5.41) is 0.503.